The Balaban J connectivity index is 2.60. The number of methoxy groups -OCH3 is 1. The Labute approximate surface area is 90.6 Å². The lowest BCUT2D eigenvalue weighted by Gasteiger charge is -2.08. The van der Waals surface area contributed by atoms with Crippen LogP contribution in [0.4, 0.5) is 0 Å². The van der Waals surface area contributed by atoms with E-state index in [0.29, 0.717) is 6.42 Å². The number of halogens is 1. The first-order chi connectivity index (χ1) is 6.63. The molecule has 1 atom stereocenters. The molecule has 0 amide bonds. The zero-order valence-corrected chi connectivity index (χ0v) is 9.32. The third kappa shape index (κ3) is 3.08. The quantitative estimate of drug-likeness (QED) is 0.646. The van der Waals surface area contributed by atoms with Crippen molar-refractivity contribution in [2.45, 2.75) is 12.5 Å². The lowest BCUT2D eigenvalue weighted by Crippen LogP contribution is -2.33. The molecule has 1 rings (SSSR count). The molecule has 0 radical (unpaired) electrons. The number of pyridine rings is 1. The Bertz CT molecular complexity index is 313. The Hall–Kier alpha value is -0.940. The molecule has 0 saturated carbocycles. The van der Waals surface area contributed by atoms with E-state index in [1.807, 2.05) is 6.07 Å². The average molecular weight is 259 g/mol. The molecule has 0 spiro atoms. The highest BCUT2D eigenvalue weighted by atomic mass is 79.9. The average Bonchev–Trinajstić information content (AvgIpc) is 2.20. The van der Waals surface area contributed by atoms with E-state index in [-0.39, 0.29) is 0 Å². The van der Waals surface area contributed by atoms with Gasteiger partial charge in [0, 0.05) is 6.20 Å². The molecule has 0 aliphatic carbocycles. The van der Waals surface area contributed by atoms with Gasteiger partial charge in [0.2, 0.25) is 0 Å². The van der Waals surface area contributed by atoms with Gasteiger partial charge in [0.15, 0.2) is 0 Å². The zero-order chi connectivity index (χ0) is 10.6. The molecule has 0 fully saturated rings. The molecule has 0 saturated heterocycles. The maximum Gasteiger partial charge on any atom is 0.322 e. The van der Waals surface area contributed by atoms with E-state index in [1.165, 1.54) is 7.11 Å². The van der Waals surface area contributed by atoms with Crippen LogP contribution in [-0.2, 0) is 16.0 Å². The van der Waals surface area contributed by atoms with E-state index < -0.39 is 12.0 Å². The smallest absolute Gasteiger partial charge is 0.322 e. The fraction of sp³-hybridized carbons (Fsp3) is 0.333. The molecule has 1 heterocycles. The summed E-state index contributed by atoms with van der Waals surface area (Å²) < 4.78 is 5.27. The highest BCUT2D eigenvalue weighted by molar-refractivity contribution is 9.10. The monoisotopic (exact) mass is 258 g/mol. The van der Waals surface area contributed by atoms with Crippen molar-refractivity contribution in [1.29, 1.82) is 0 Å². The number of aromatic nitrogens is 1. The zero-order valence-electron chi connectivity index (χ0n) is 7.74. The minimum atomic E-state index is -0.622. The van der Waals surface area contributed by atoms with Crippen LogP contribution in [0.25, 0.3) is 0 Å². The predicted octanol–water partition coefficient (Wildman–Crippen LogP) is 0.887. The van der Waals surface area contributed by atoms with Gasteiger partial charge in [0.25, 0.3) is 0 Å². The van der Waals surface area contributed by atoms with Gasteiger partial charge < -0.3 is 10.5 Å². The SMILES string of the molecule is COC(=O)[C@H](N)Cc1ccc(Br)nc1. The van der Waals surface area contributed by atoms with Crippen molar-refractivity contribution in [3.05, 3.63) is 28.5 Å². The van der Waals surface area contributed by atoms with Crippen LogP contribution in [0.3, 0.4) is 0 Å². The number of esters is 1. The minimum Gasteiger partial charge on any atom is -0.468 e. The lowest BCUT2D eigenvalue weighted by atomic mass is 10.1. The minimum absolute atomic E-state index is 0.409. The number of nitrogens with two attached hydrogens (primary N) is 1. The van der Waals surface area contributed by atoms with Gasteiger partial charge >= 0.3 is 5.97 Å². The largest absolute Gasteiger partial charge is 0.468 e. The van der Waals surface area contributed by atoms with Crippen LogP contribution in [0.15, 0.2) is 22.9 Å². The van der Waals surface area contributed by atoms with Crippen molar-refractivity contribution in [2.24, 2.45) is 5.73 Å². The third-order valence-electron chi connectivity index (χ3n) is 1.75. The Kier molecular flexibility index (Phi) is 4.03. The van der Waals surface area contributed by atoms with Gasteiger partial charge in [-0.25, -0.2) is 4.98 Å². The number of ether oxygens (including phenoxy) is 1. The van der Waals surface area contributed by atoms with Crippen molar-refractivity contribution in [2.75, 3.05) is 7.11 Å². The molecule has 14 heavy (non-hydrogen) atoms. The standard InChI is InChI=1S/C9H11BrN2O2/c1-14-9(13)7(11)4-6-2-3-8(10)12-5-6/h2-3,5,7H,4,11H2,1H3/t7-/m1/s1. The lowest BCUT2D eigenvalue weighted by molar-refractivity contribution is -0.142. The van der Waals surface area contributed by atoms with E-state index in [4.69, 9.17) is 5.73 Å². The number of hydrogen-bond donors (Lipinski definition) is 1. The fourth-order valence-corrected chi connectivity index (χ4v) is 1.25. The fourth-order valence-electron chi connectivity index (χ4n) is 1.02. The summed E-state index contributed by atoms with van der Waals surface area (Å²) in [7, 11) is 1.32. The molecule has 1 aromatic rings. The number of hydrogen-bond acceptors (Lipinski definition) is 4. The first-order valence-corrected chi connectivity index (χ1v) is 4.86. The Morgan fingerprint density at radius 3 is 2.93 bits per heavy atom. The summed E-state index contributed by atoms with van der Waals surface area (Å²) >= 11 is 3.22. The molecular weight excluding hydrogens is 248 g/mol. The van der Waals surface area contributed by atoms with Crippen molar-refractivity contribution in [3.8, 4) is 0 Å². The summed E-state index contributed by atoms with van der Waals surface area (Å²) in [6.07, 6.45) is 2.11. The molecule has 2 N–H and O–H groups in total. The summed E-state index contributed by atoms with van der Waals surface area (Å²) in [6, 6.07) is 3.04. The van der Waals surface area contributed by atoms with Gasteiger partial charge in [-0.2, -0.15) is 0 Å². The molecule has 4 nitrogen and oxygen atoms in total. The van der Waals surface area contributed by atoms with Gasteiger partial charge in [0.05, 0.1) is 7.11 Å². The van der Waals surface area contributed by atoms with Crippen LogP contribution in [-0.4, -0.2) is 24.1 Å². The maximum absolute atomic E-state index is 11.0. The molecule has 0 aromatic carbocycles. The van der Waals surface area contributed by atoms with Crippen LogP contribution in [0.5, 0.6) is 0 Å². The van der Waals surface area contributed by atoms with Crippen LogP contribution in [0, 0.1) is 0 Å². The highest BCUT2D eigenvalue weighted by Crippen LogP contribution is 2.07. The maximum atomic E-state index is 11.0. The molecule has 0 aliphatic heterocycles. The van der Waals surface area contributed by atoms with E-state index >= 15 is 0 Å². The first kappa shape index (κ1) is 11.1. The summed E-state index contributed by atoms with van der Waals surface area (Å²) in [5, 5.41) is 0. The topological polar surface area (TPSA) is 65.2 Å². The summed E-state index contributed by atoms with van der Waals surface area (Å²) in [5.74, 6) is -0.409. The molecule has 0 bridgehead atoms. The predicted molar refractivity (Wildman–Crippen MR) is 55.6 cm³/mol. The molecule has 5 heteroatoms. The number of carbonyl (C=O) groups excluding carboxylic acids is 1. The van der Waals surface area contributed by atoms with Gasteiger partial charge in [-0.15, -0.1) is 0 Å². The second-order valence-electron chi connectivity index (χ2n) is 2.82. The summed E-state index contributed by atoms with van der Waals surface area (Å²) in [4.78, 5) is 15.0. The van der Waals surface area contributed by atoms with Crippen LogP contribution < -0.4 is 5.73 Å². The molecule has 0 unspecified atom stereocenters. The summed E-state index contributed by atoms with van der Waals surface area (Å²) in [6.45, 7) is 0. The second-order valence-corrected chi connectivity index (χ2v) is 3.64. The van der Waals surface area contributed by atoms with E-state index in [1.54, 1.807) is 12.3 Å². The van der Waals surface area contributed by atoms with E-state index in [2.05, 4.69) is 25.7 Å². The highest BCUT2D eigenvalue weighted by Gasteiger charge is 2.13. The normalized spacial score (nSPS) is 12.2. The van der Waals surface area contributed by atoms with Gasteiger partial charge in [-0.1, -0.05) is 6.07 Å². The first-order valence-electron chi connectivity index (χ1n) is 4.07. The van der Waals surface area contributed by atoms with Crippen molar-refractivity contribution < 1.29 is 9.53 Å². The molecule has 0 aliphatic rings. The number of carbonyl (C=O) groups is 1. The van der Waals surface area contributed by atoms with Crippen molar-refractivity contribution >= 4 is 21.9 Å². The van der Waals surface area contributed by atoms with E-state index in [9.17, 15) is 4.79 Å². The Morgan fingerprint density at radius 1 is 1.71 bits per heavy atom. The van der Waals surface area contributed by atoms with Gasteiger partial charge in [-0.05, 0) is 34.0 Å². The molecular formula is C9H11BrN2O2. The summed E-state index contributed by atoms with van der Waals surface area (Å²) in [5.41, 5.74) is 6.49. The molecule has 1 aromatic heterocycles. The van der Waals surface area contributed by atoms with Crippen molar-refractivity contribution in [3.63, 3.8) is 0 Å². The van der Waals surface area contributed by atoms with Crippen LogP contribution in [0.1, 0.15) is 5.56 Å². The molecule has 76 valence electrons. The second kappa shape index (κ2) is 5.07. The van der Waals surface area contributed by atoms with Crippen LogP contribution >= 0.6 is 15.9 Å². The van der Waals surface area contributed by atoms with Crippen molar-refractivity contribution in [1.82, 2.24) is 4.98 Å². The Morgan fingerprint density at radius 2 is 2.43 bits per heavy atom. The number of rotatable bonds is 3. The number of nitrogens with zero attached hydrogens (tertiary/aromatic N) is 1. The van der Waals surface area contributed by atoms with Crippen LogP contribution in [0.2, 0.25) is 0 Å². The third-order valence-corrected chi connectivity index (χ3v) is 2.22. The van der Waals surface area contributed by atoms with Gasteiger partial charge in [0.1, 0.15) is 10.6 Å². The van der Waals surface area contributed by atoms with Gasteiger partial charge in [-0.3, -0.25) is 4.79 Å². The van der Waals surface area contributed by atoms with E-state index in [0.717, 1.165) is 10.2 Å².